The lowest BCUT2D eigenvalue weighted by atomic mass is 9.99. The number of hydrogen-bond acceptors (Lipinski definition) is 8. The first-order chi connectivity index (χ1) is 28.8. The molecule has 7 unspecified atom stereocenters. The van der Waals surface area contributed by atoms with Gasteiger partial charge in [-0.15, -0.1) is 0 Å². The van der Waals surface area contributed by atoms with Crippen molar-refractivity contribution in [3.05, 3.63) is 24.3 Å². The molecule has 0 bridgehead atoms. The second-order valence-electron chi connectivity index (χ2n) is 17.6. The van der Waals surface area contributed by atoms with Gasteiger partial charge in [-0.05, 0) is 32.1 Å². The molecule has 7 atom stereocenters. The summed E-state index contributed by atoms with van der Waals surface area (Å²) in [7, 11) is 0. The van der Waals surface area contributed by atoms with Gasteiger partial charge in [0.2, 0.25) is 5.91 Å². The Morgan fingerprint density at radius 2 is 0.966 bits per heavy atom. The fourth-order valence-corrected chi connectivity index (χ4v) is 8.00. The highest BCUT2D eigenvalue weighted by Crippen LogP contribution is 2.23. The molecule has 9 heteroatoms. The first kappa shape index (κ1) is 55.7. The highest BCUT2D eigenvalue weighted by atomic mass is 16.7. The fourth-order valence-electron chi connectivity index (χ4n) is 8.00. The lowest BCUT2D eigenvalue weighted by molar-refractivity contribution is -0.302. The van der Waals surface area contributed by atoms with Crippen LogP contribution in [0.4, 0.5) is 0 Å². The van der Waals surface area contributed by atoms with Crippen LogP contribution in [0.2, 0.25) is 0 Å². The van der Waals surface area contributed by atoms with E-state index in [-0.39, 0.29) is 12.5 Å². The topological polar surface area (TPSA) is 149 Å². The van der Waals surface area contributed by atoms with Gasteiger partial charge in [0.05, 0.1) is 25.4 Å². The molecule has 1 saturated heterocycles. The second-order valence-corrected chi connectivity index (χ2v) is 17.6. The van der Waals surface area contributed by atoms with Gasteiger partial charge in [-0.25, -0.2) is 0 Å². The minimum Gasteiger partial charge on any atom is -0.394 e. The van der Waals surface area contributed by atoms with Crippen LogP contribution in [0, 0.1) is 0 Å². The van der Waals surface area contributed by atoms with Crippen LogP contribution in [-0.4, -0.2) is 87.5 Å². The zero-order valence-corrected chi connectivity index (χ0v) is 38.3. The Morgan fingerprint density at radius 1 is 0.559 bits per heavy atom. The molecule has 0 radical (unpaired) electrons. The summed E-state index contributed by atoms with van der Waals surface area (Å²) in [5, 5.41) is 54.1. The number of aliphatic hydroxyl groups excluding tert-OH is 5. The van der Waals surface area contributed by atoms with Crippen LogP contribution in [0.5, 0.6) is 0 Å². The van der Waals surface area contributed by atoms with Crippen LogP contribution in [0.25, 0.3) is 0 Å². The minimum atomic E-state index is -1.57. The van der Waals surface area contributed by atoms with Crippen LogP contribution < -0.4 is 5.32 Å². The Morgan fingerprint density at radius 3 is 1.42 bits per heavy atom. The third kappa shape index (κ3) is 31.2. The van der Waals surface area contributed by atoms with E-state index in [9.17, 15) is 30.3 Å². The summed E-state index contributed by atoms with van der Waals surface area (Å²) in [6, 6.07) is -0.815. The summed E-state index contributed by atoms with van der Waals surface area (Å²) in [6.07, 6.45) is 42.6. The zero-order chi connectivity index (χ0) is 43.0. The molecule has 0 aromatic rings. The lowest BCUT2D eigenvalue weighted by Gasteiger charge is -2.40. The van der Waals surface area contributed by atoms with E-state index in [1.54, 1.807) is 6.08 Å². The van der Waals surface area contributed by atoms with Crippen molar-refractivity contribution in [1.82, 2.24) is 5.32 Å². The molecule has 1 aliphatic rings. The van der Waals surface area contributed by atoms with Crippen molar-refractivity contribution < 1.29 is 39.8 Å². The average Bonchev–Trinajstić information content (AvgIpc) is 3.23. The maximum absolute atomic E-state index is 12.9. The van der Waals surface area contributed by atoms with Gasteiger partial charge in [0.25, 0.3) is 0 Å². The average molecular weight is 838 g/mol. The number of unbranched alkanes of at least 4 members (excludes halogenated alkanes) is 30. The Balaban J connectivity index is 2.22. The van der Waals surface area contributed by atoms with Gasteiger partial charge >= 0.3 is 0 Å². The van der Waals surface area contributed by atoms with Gasteiger partial charge in [0.15, 0.2) is 6.29 Å². The standard InChI is InChI=1S/C50H95NO8/c1-3-5-7-9-11-13-14-15-16-17-18-19-20-21-22-23-24-25-26-27-28-29-30-32-33-35-37-39-44(53)43(42-58-50-49(57)48(56)47(55)45(41-52)59-50)51-46(54)40-38-36-34-31-12-10-8-6-4-2/h30,32,37,39,43-45,47-50,52-53,55-57H,3-29,31,33-36,38,40-42H2,1-2H3,(H,51,54)/b32-30+,39-37+. The van der Waals surface area contributed by atoms with Crippen molar-refractivity contribution in [2.75, 3.05) is 13.2 Å². The van der Waals surface area contributed by atoms with Crippen LogP contribution in [0.1, 0.15) is 232 Å². The second kappa shape index (κ2) is 40.7. The molecule has 6 N–H and O–H groups in total. The molecular formula is C50H95NO8. The number of allylic oxidation sites excluding steroid dienone is 3. The molecule has 348 valence electrons. The third-order valence-electron chi connectivity index (χ3n) is 12.0. The Labute approximate surface area is 362 Å². The largest absolute Gasteiger partial charge is 0.394 e. The van der Waals surface area contributed by atoms with Crippen LogP contribution in [-0.2, 0) is 14.3 Å². The molecule has 59 heavy (non-hydrogen) atoms. The molecule has 1 heterocycles. The van der Waals surface area contributed by atoms with Crippen molar-refractivity contribution in [1.29, 1.82) is 0 Å². The summed E-state index contributed by atoms with van der Waals surface area (Å²) in [6.45, 7) is 3.74. The van der Waals surface area contributed by atoms with E-state index in [1.807, 2.05) is 6.08 Å². The van der Waals surface area contributed by atoms with E-state index in [0.717, 1.165) is 38.5 Å². The van der Waals surface area contributed by atoms with E-state index < -0.39 is 49.5 Å². The Hall–Kier alpha value is -1.33. The first-order valence-electron chi connectivity index (χ1n) is 25.1. The number of nitrogens with one attached hydrogen (secondary N) is 1. The van der Waals surface area contributed by atoms with Gasteiger partial charge in [-0.3, -0.25) is 4.79 Å². The maximum atomic E-state index is 12.9. The van der Waals surface area contributed by atoms with Crippen LogP contribution in [0.3, 0.4) is 0 Å². The molecule has 1 amide bonds. The molecule has 0 aromatic carbocycles. The third-order valence-corrected chi connectivity index (χ3v) is 12.0. The summed E-state index contributed by atoms with van der Waals surface area (Å²) < 4.78 is 11.2. The quantitative estimate of drug-likeness (QED) is 0.0263. The highest BCUT2D eigenvalue weighted by molar-refractivity contribution is 5.76. The SMILES string of the molecule is CCCCCCCCCCCCCCCCCCCCCCC/C=C/CC/C=C/C(O)C(COC1OC(CO)C(O)C(O)C1O)NC(=O)CCCCCCCCCCC. The van der Waals surface area contributed by atoms with Gasteiger partial charge in [-0.2, -0.15) is 0 Å². The summed E-state index contributed by atoms with van der Waals surface area (Å²) in [5.41, 5.74) is 0. The monoisotopic (exact) mass is 838 g/mol. The van der Waals surface area contributed by atoms with Crippen molar-refractivity contribution >= 4 is 5.91 Å². The van der Waals surface area contributed by atoms with Gasteiger partial charge in [0.1, 0.15) is 24.4 Å². The molecule has 1 aliphatic heterocycles. The molecular weight excluding hydrogens is 743 g/mol. The molecule has 0 spiro atoms. The normalized spacial score (nSPS) is 20.8. The van der Waals surface area contributed by atoms with E-state index in [2.05, 4.69) is 31.3 Å². The van der Waals surface area contributed by atoms with Crippen molar-refractivity contribution in [2.45, 2.75) is 275 Å². The molecule has 1 rings (SSSR count). The van der Waals surface area contributed by atoms with Gasteiger partial charge in [0, 0.05) is 6.42 Å². The van der Waals surface area contributed by atoms with E-state index >= 15 is 0 Å². The molecule has 0 saturated carbocycles. The fraction of sp³-hybridized carbons (Fsp3) is 0.900. The number of hydrogen-bond donors (Lipinski definition) is 6. The van der Waals surface area contributed by atoms with Crippen LogP contribution in [0.15, 0.2) is 24.3 Å². The Bertz CT molecular complexity index is 977. The number of amides is 1. The molecule has 0 aliphatic carbocycles. The van der Waals surface area contributed by atoms with E-state index in [0.29, 0.717) is 6.42 Å². The van der Waals surface area contributed by atoms with Crippen molar-refractivity contribution in [3.8, 4) is 0 Å². The van der Waals surface area contributed by atoms with Crippen LogP contribution >= 0.6 is 0 Å². The predicted octanol–water partition coefficient (Wildman–Crippen LogP) is 11.1. The van der Waals surface area contributed by atoms with Gasteiger partial charge < -0.3 is 40.3 Å². The molecule has 9 nitrogen and oxygen atoms in total. The van der Waals surface area contributed by atoms with Crippen molar-refractivity contribution in [2.24, 2.45) is 0 Å². The maximum Gasteiger partial charge on any atom is 0.220 e. The molecule has 0 aromatic heterocycles. The summed E-state index contributed by atoms with van der Waals surface area (Å²) >= 11 is 0. The first-order valence-corrected chi connectivity index (χ1v) is 25.1. The Kier molecular flexibility index (Phi) is 38.4. The smallest absolute Gasteiger partial charge is 0.220 e. The predicted molar refractivity (Wildman–Crippen MR) is 244 cm³/mol. The lowest BCUT2D eigenvalue weighted by Crippen LogP contribution is -2.60. The van der Waals surface area contributed by atoms with Crippen molar-refractivity contribution in [3.63, 3.8) is 0 Å². The highest BCUT2D eigenvalue weighted by Gasteiger charge is 2.44. The van der Waals surface area contributed by atoms with E-state index in [1.165, 1.54) is 173 Å². The van der Waals surface area contributed by atoms with E-state index in [4.69, 9.17) is 9.47 Å². The number of carbonyl (C=O) groups excluding carboxylic acids is 1. The number of rotatable bonds is 42. The zero-order valence-electron chi connectivity index (χ0n) is 38.3. The summed E-state index contributed by atoms with van der Waals surface area (Å²) in [5.74, 6) is -0.189. The molecule has 1 fully saturated rings. The van der Waals surface area contributed by atoms with Gasteiger partial charge in [-0.1, -0.05) is 218 Å². The number of aliphatic hydroxyl groups is 5. The minimum absolute atomic E-state index is 0.189. The number of ether oxygens (including phenoxy) is 2. The number of carbonyl (C=O) groups is 1. The summed E-state index contributed by atoms with van der Waals surface area (Å²) in [4.78, 5) is 12.9.